The number of hydrogen-bond donors (Lipinski definition) is 0. The second kappa shape index (κ2) is 8.40. The van der Waals surface area contributed by atoms with Crippen molar-refractivity contribution in [1.82, 2.24) is 14.1 Å². The van der Waals surface area contributed by atoms with Crippen molar-refractivity contribution in [3.8, 4) is 11.3 Å². The van der Waals surface area contributed by atoms with Crippen LogP contribution in [0.2, 0.25) is 0 Å². The van der Waals surface area contributed by atoms with Crippen LogP contribution in [0.25, 0.3) is 11.3 Å². The van der Waals surface area contributed by atoms with E-state index in [4.69, 9.17) is 4.99 Å². The Morgan fingerprint density at radius 3 is 2.46 bits per heavy atom. The highest BCUT2D eigenvalue weighted by molar-refractivity contribution is 7.07. The van der Waals surface area contributed by atoms with Crippen LogP contribution >= 0.6 is 11.3 Å². The van der Waals surface area contributed by atoms with Crippen LogP contribution in [0.5, 0.6) is 0 Å². The molecule has 0 fully saturated rings. The van der Waals surface area contributed by atoms with Crippen molar-refractivity contribution in [3.63, 3.8) is 0 Å². The highest BCUT2D eigenvalue weighted by atomic mass is 32.1. The van der Waals surface area contributed by atoms with Gasteiger partial charge in [0.1, 0.15) is 0 Å². The van der Waals surface area contributed by atoms with E-state index >= 15 is 0 Å². The smallest absolute Gasteiger partial charge is 0.190 e. The van der Waals surface area contributed by atoms with Gasteiger partial charge in [0.15, 0.2) is 4.80 Å². The molecule has 0 aliphatic rings. The third-order valence-corrected chi connectivity index (χ3v) is 5.73. The average Bonchev–Trinajstić information content (AvgIpc) is 3.36. The first-order valence-electron chi connectivity index (χ1n) is 9.53. The van der Waals surface area contributed by atoms with Gasteiger partial charge in [-0.1, -0.05) is 48.5 Å². The molecule has 142 valence electrons. The predicted molar refractivity (Wildman–Crippen MR) is 116 cm³/mol. The molecule has 2 aromatic heterocycles. The lowest BCUT2D eigenvalue weighted by Crippen LogP contribution is -2.17. The maximum absolute atomic E-state index is 5.06. The first kappa shape index (κ1) is 18.4. The Bertz CT molecular complexity index is 1080. The van der Waals surface area contributed by atoms with Gasteiger partial charge in [-0.2, -0.15) is 0 Å². The van der Waals surface area contributed by atoms with E-state index < -0.39 is 0 Å². The molecule has 5 heteroatoms. The van der Waals surface area contributed by atoms with Crippen molar-refractivity contribution in [2.24, 2.45) is 4.99 Å². The summed E-state index contributed by atoms with van der Waals surface area (Å²) in [6.45, 7) is 6.11. The van der Waals surface area contributed by atoms with Gasteiger partial charge in [0.25, 0.3) is 0 Å². The zero-order chi connectivity index (χ0) is 19.3. The number of thiazole rings is 1. The van der Waals surface area contributed by atoms with Gasteiger partial charge in [-0.3, -0.25) is 0 Å². The fraction of sp³-hybridized carbons (Fsp3) is 0.217. The number of aromatic nitrogens is 3. The first-order chi connectivity index (χ1) is 13.7. The van der Waals surface area contributed by atoms with Crippen molar-refractivity contribution in [2.45, 2.75) is 33.4 Å². The second-order valence-corrected chi connectivity index (χ2v) is 7.76. The molecule has 0 saturated heterocycles. The van der Waals surface area contributed by atoms with E-state index in [-0.39, 0.29) is 0 Å². The van der Waals surface area contributed by atoms with Crippen LogP contribution in [-0.2, 0) is 13.1 Å². The van der Waals surface area contributed by atoms with Crippen LogP contribution in [0.15, 0.2) is 77.6 Å². The molecule has 0 atom stereocenters. The van der Waals surface area contributed by atoms with E-state index in [0.717, 1.165) is 30.0 Å². The number of aryl methyl sites for hydroxylation is 3. The second-order valence-electron chi connectivity index (χ2n) is 6.93. The van der Waals surface area contributed by atoms with Crippen LogP contribution in [0, 0.1) is 13.8 Å². The number of hydrogen-bond acceptors (Lipinski definition) is 3. The highest BCUT2D eigenvalue weighted by Gasteiger charge is 2.09. The number of rotatable bonds is 6. The van der Waals surface area contributed by atoms with Gasteiger partial charge in [0, 0.05) is 30.9 Å². The monoisotopic (exact) mass is 388 g/mol. The number of benzene rings is 2. The van der Waals surface area contributed by atoms with Gasteiger partial charge < -0.3 is 9.13 Å². The number of para-hydroxylation sites is 1. The molecular formula is C23H24N4S. The molecule has 0 aliphatic carbocycles. The fourth-order valence-electron chi connectivity index (χ4n) is 3.38. The molecule has 0 unspecified atom stereocenters. The molecule has 0 radical (unpaired) electrons. The topological polar surface area (TPSA) is 35.1 Å². The number of nitrogens with zero attached hydrogens (tertiary/aromatic N) is 4. The van der Waals surface area contributed by atoms with Gasteiger partial charge in [0.05, 0.1) is 17.7 Å². The van der Waals surface area contributed by atoms with E-state index in [0.29, 0.717) is 0 Å². The molecule has 4 rings (SSSR count). The maximum Gasteiger partial charge on any atom is 0.190 e. The molecule has 2 aromatic carbocycles. The van der Waals surface area contributed by atoms with Gasteiger partial charge in [-0.05, 0) is 37.0 Å². The van der Waals surface area contributed by atoms with Crippen LogP contribution in [-0.4, -0.2) is 14.1 Å². The zero-order valence-electron chi connectivity index (χ0n) is 16.2. The normalized spacial score (nSPS) is 11.9. The van der Waals surface area contributed by atoms with Gasteiger partial charge in [0.2, 0.25) is 0 Å². The maximum atomic E-state index is 5.06. The van der Waals surface area contributed by atoms with Gasteiger partial charge in [-0.15, -0.1) is 11.3 Å². The summed E-state index contributed by atoms with van der Waals surface area (Å²) in [7, 11) is 0. The zero-order valence-corrected chi connectivity index (χ0v) is 17.1. The predicted octanol–water partition coefficient (Wildman–Crippen LogP) is 5.35. The lowest BCUT2D eigenvalue weighted by Gasteiger charge is -2.10. The summed E-state index contributed by atoms with van der Waals surface area (Å²) in [5.41, 5.74) is 5.94. The van der Waals surface area contributed by atoms with E-state index in [2.05, 4.69) is 81.9 Å². The van der Waals surface area contributed by atoms with Crippen molar-refractivity contribution in [3.05, 3.63) is 88.6 Å². The molecule has 0 spiro atoms. The van der Waals surface area contributed by atoms with Crippen LogP contribution < -0.4 is 4.80 Å². The van der Waals surface area contributed by atoms with E-state index in [9.17, 15) is 0 Å². The van der Waals surface area contributed by atoms with Crippen LogP contribution in [0.3, 0.4) is 0 Å². The van der Waals surface area contributed by atoms with Crippen molar-refractivity contribution < 1.29 is 0 Å². The summed E-state index contributed by atoms with van der Waals surface area (Å²) >= 11 is 1.71. The number of imidazole rings is 1. The summed E-state index contributed by atoms with van der Waals surface area (Å²) in [4.78, 5) is 10.2. The van der Waals surface area contributed by atoms with Crippen molar-refractivity contribution in [2.75, 3.05) is 0 Å². The molecule has 2 heterocycles. The van der Waals surface area contributed by atoms with Crippen molar-refractivity contribution in [1.29, 1.82) is 0 Å². The fourth-order valence-corrected chi connectivity index (χ4v) is 4.32. The van der Waals surface area contributed by atoms with E-state index in [1.165, 1.54) is 22.4 Å². The van der Waals surface area contributed by atoms with Gasteiger partial charge >= 0.3 is 0 Å². The molecule has 0 N–H and O–H groups in total. The minimum absolute atomic E-state index is 0.912. The molecule has 0 bridgehead atoms. The third-order valence-electron chi connectivity index (χ3n) is 4.87. The molecule has 28 heavy (non-hydrogen) atoms. The van der Waals surface area contributed by atoms with E-state index in [1.807, 2.05) is 18.7 Å². The molecule has 4 nitrogen and oxygen atoms in total. The SMILES string of the molecule is Cc1cccc(C)c1N=c1scc(-c2ccccc2)n1CCCn1ccnc1. The minimum Gasteiger partial charge on any atom is -0.337 e. The minimum atomic E-state index is 0.912. The Hall–Kier alpha value is -2.92. The van der Waals surface area contributed by atoms with Crippen molar-refractivity contribution >= 4 is 17.0 Å². The molecular weight excluding hydrogens is 364 g/mol. The lowest BCUT2D eigenvalue weighted by atomic mass is 10.1. The Labute approximate surface area is 169 Å². The molecule has 4 aromatic rings. The first-order valence-corrected chi connectivity index (χ1v) is 10.4. The molecule has 0 amide bonds. The standard InChI is InChI=1S/C23H24N4S/c1-18-8-6-9-19(2)22(18)25-23-27(14-7-13-26-15-12-24-17-26)21(16-28-23)20-10-4-3-5-11-20/h3-6,8-12,15-17H,7,13-14H2,1-2H3. The third kappa shape index (κ3) is 3.99. The molecule has 0 aliphatic heterocycles. The Kier molecular flexibility index (Phi) is 5.53. The Morgan fingerprint density at radius 2 is 1.75 bits per heavy atom. The highest BCUT2D eigenvalue weighted by Crippen LogP contribution is 2.24. The van der Waals surface area contributed by atoms with Gasteiger partial charge in [-0.25, -0.2) is 9.98 Å². The average molecular weight is 389 g/mol. The summed E-state index contributed by atoms with van der Waals surface area (Å²) in [5.74, 6) is 0. The summed E-state index contributed by atoms with van der Waals surface area (Å²) in [6.07, 6.45) is 6.73. The lowest BCUT2D eigenvalue weighted by molar-refractivity contribution is 0.559. The van der Waals surface area contributed by atoms with E-state index in [1.54, 1.807) is 11.3 Å². The summed E-state index contributed by atoms with van der Waals surface area (Å²) in [5, 5.41) is 2.22. The van der Waals surface area contributed by atoms with Crippen LogP contribution in [0.1, 0.15) is 17.5 Å². The summed E-state index contributed by atoms with van der Waals surface area (Å²) < 4.78 is 4.47. The Morgan fingerprint density at radius 1 is 0.964 bits per heavy atom. The largest absolute Gasteiger partial charge is 0.337 e. The summed E-state index contributed by atoms with van der Waals surface area (Å²) in [6, 6.07) is 16.9. The molecule has 0 saturated carbocycles. The quantitative estimate of drug-likeness (QED) is 0.438. The van der Waals surface area contributed by atoms with Crippen LogP contribution in [0.4, 0.5) is 5.69 Å². The Balaban J connectivity index is 1.73.